The van der Waals surface area contributed by atoms with Gasteiger partial charge in [0.1, 0.15) is 0 Å². The first-order valence-corrected chi connectivity index (χ1v) is 8.48. The Labute approximate surface area is 126 Å². The van der Waals surface area contributed by atoms with Crippen LogP contribution in [0.1, 0.15) is 30.4 Å². The molecule has 2 aliphatic rings. The number of hydrogen-bond donors (Lipinski definition) is 2. The molecule has 0 bridgehead atoms. The maximum Gasteiger partial charge on any atom is 0.240 e. The number of nitrogens with one attached hydrogen (secondary N) is 2. The number of aryl methyl sites for hydroxylation is 2. The number of piperidine rings is 1. The van der Waals surface area contributed by atoms with Crippen molar-refractivity contribution in [2.75, 3.05) is 13.1 Å². The number of benzene rings is 1. The fraction of sp³-hybridized carbons (Fsp3) is 0.571. The van der Waals surface area contributed by atoms with Crippen molar-refractivity contribution < 1.29 is 8.42 Å². The van der Waals surface area contributed by atoms with Gasteiger partial charge in [0.05, 0.1) is 4.90 Å². The fourth-order valence-electron chi connectivity index (χ4n) is 2.96. The van der Waals surface area contributed by atoms with E-state index in [0.29, 0.717) is 4.90 Å². The van der Waals surface area contributed by atoms with Gasteiger partial charge < -0.3 is 5.32 Å². The highest BCUT2D eigenvalue weighted by Gasteiger charge is 2.23. The minimum absolute atomic E-state index is 0. The molecule has 2 N–H and O–H groups in total. The number of hydrogen-bond acceptors (Lipinski definition) is 3. The van der Waals surface area contributed by atoms with Gasteiger partial charge >= 0.3 is 0 Å². The topological polar surface area (TPSA) is 58.2 Å². The standard InChI is InChI=1S/C14H20N2O2S.ClH/c17-19(18,16-13-5-2-8-15-10-13)14-7-6-11-3-1-4-12(11)9-14;/h6-7,9,13,15-16H,1-5,8,10H2;1H/t13-;/m0./s1. The molecule has 6 heteroatoms. The first-order valence-electron chi connectivity index (χ1n) is 7.00. The molecule has 1 aromatic rings. The van der Waals surface area contributed by atoms with Crippen LogP contribution < -0.4 is 10.0 Å². The van der Waals surface area contributed by atoms with E-state index in [0.717, 1.165) is 45.2 Å². The average Bonchev–Trinajstić information content (AvgIpc) is 2.86. The summed E-state index contributed by atoms with van der Waals surface area (Å²) in [6.45, 7) is 1.71. The van der Waals surface area contributed by atoms with E-state index < -0.39 is 10.0 Å². The lowest BCUT2D eigenvalue weighted by Gasteiger charge is -2.23. The van der Waals surface area contributed by atoms with Crippen molar-refractivity contribution in [3.05, 3.63) is 29.3 Å². The summed E-state index contributed by atoms with van der Waals surface area (Å²) < 4.78 is 27.5. The molecule has 1 aromatic carbocycles. The molecule has 0 aromatic heterocycles. The van der Waals surface area contributed by atoms with E-state index in [9.17, 15) is 8.42 Å². The zero-order valence-corrected chi connectivity index (χ0v) is 13.0. The molecule has 0 amide bonds. The Morgan fingerprint density at radius 2 is 1.95 bits per heavy atom. The molecule has 112 valence electrons. The number of sulfonamides is 1. The summed E-state index contributed by atoms with van der Waals surface area (Å²) in [7, 11) is -3.37. The third-order valence-electron chi connectivity index (χ3n) is 4.00. The van der Waals surface area contributed by atoms with Crippen LogP contribution in [-0.2, 0) is 22.9 Å². The minimum Gasteiger partial charge on any atom is -0.315 e. The third kappa shape index (κ3) is 3.34. The zero-order valence-electron chi connectivity index (χ0n) is 11.4. The highest BCUT2D eigenvalue weighted by atomic mass is 35.5. The highest BCUT2D eigenvalue weighted by Crippen LogP contribution is 2.24. The van der Waals surface area contributed by atoms with Crippen LogP contribution in [0, 0.1) is 0 Å². The van der Waals surface area contributed by atoms with Crippen LogP contribution in [0.25, 0.3) is 0 Å². The minimum atomic E-state index is -3.37. The lowest BCUT2D eigenvalue weighted by atomic mass is 10.1. The van der Waals surface area contributed by atoms with Crippen molar-refractivity contribution in [2.45, 2.75) is 43.0 Å². The molecule has 0 spiro atoms. The van der Waals surface area contributed by atoms with Gasteiger partial charge in [-0.2, -0.15) is 0 Å². The Hall–Kier alpha value is -0.620. The number of halogens is 1. The molecule has 0 radical (unpaired) electrons. The predicted octanol–water partition coefficient (Wildman–Crippen LogP) is 1.63. The van der Waals surface area contributed by atoms with Crippen molar-refractivity contribution in [1.82, 2.24) is 10.0 Å². The third-order valence-corrected chi connectivity index (χ3v) is 5.52. The summed E-state index contributed by atoms with van der Waals surface area (Å²) in [6.07, 6.45) is 5.16. The van der Waals surface area contributed by atoms with Crippen LogP contribution in [0.5, 0.6) is 0 Å². The second-order valence-corrected chi connectivity index (χ2v) is 7.16. The Morgan fingerprint density at radius 3 is 2.70 bits per heavy atom. The van der Waals surface area contributed by atoms with E-state index >= 15 is 0 Å². The molecule has 0 unspecified atom stereocenters. The van der Waals surface area contributed by atoms with Crippen molar-refractivity contribution in [3.63, 3.8) is 0 Å². The van der Waals surface area contributed by atoms with E-state index in [1.54, 1.807) is 6.07 Å². The van der Waals surface area contributed by atoms with Crippen LogP contribution in [0.3, 0.4) is 0 Å². The molecule has 1 atom stereocenters. The van der Waals surface area contributed by atoms with Gasteiger partial charge in [-0.05, 0) is 61.9 Å². The van der Waals surface area contributed by atoms with Crippen LogP contribution in [-0.4, -0.2) is 27.5 Å². The zero-order chi connectivity index (χ0) is 13.3. The summed E-state index contributed by atoms with van der Waals surface area (Å²) in [5.74, 6) is 0. The number of fused-ring (bicyclic) bond motifs is 1. The van der Waals surface area contributed by atoms with Crippen LogP contribution in [0.15, 0.2) is 23.1 Å². The second-order valence-electron chi connectivity index (χ2n) is 5.45. The maximum absolute atomic E-state index is 12.4. The summed E-state index contributed by atoms with van der Waals surface area (Å²) in [6, 6.07) is 5.58. The van der Waals surface area contributed by atoms with Crippen LogP contribution in [0.4, 0.5) is 0 Å². The van der Waals surface area contributed by atoms with Crippen molar-refractivity contribution in [3.8, 4) is 0 Å². The molecule has 3 rings (SSSR count). The normalized spacial score (nSPS) is 22.1. The Kier molecular flexibility index (Phi) is 5.07. The molecule has 1 aliphatic heterocycles. The van der Waals surface area contributed by atoms with Crippen molar-refractivity contribution >= 4 is 22.4 Å². The Balaban J connectivity index is 0.00000147. The van der Waals surface area contributed by atoms with E-state index in [2.05, 4.69) is 10.0 Å². The second kappa shape index (κ2) is 6.43. The van der Waals surface area contributed by atoms with Gasteiger partial charge in [0.25, 0.3) is 0 Å². The fourth-order valence-corrected chi connectivity index (χ4v) is 4.28. The SMILES string of the molecule is Cl.O=S(=O)(N[C@H]1CCCNC1)c1ccc2c(c1)CCC2. The molecular weight excluding hydrogens is 296 g/mol. The van der Waals surface area contributed by atoms with E-state index in [-0.39, 0.29) is 18.4 Å². The molecule has 0 saturated carbocycles. The summed E-state index contributed by atoms with van der Waals surface area (Å²) >= 11 is 0. The first kappa shape index (κ1) is 15.8. The van der Waals surface area contributed by atoms with Gasteiger partial charge in [0.15, 0.2) is 0 Å². The maximum atomic E-state index is 12.4. The van der Waals surface area contributed by atoms with Gasteiger partial charge in [-0.1, -0.05) is 6.07 Å². The van der Waals surface area contributed by atoms with Crippen LogP contribution >= 0.6 is 12.4 Å². The molecular formula is C14H21ClN2O2S. The lowest BCUT2D eigenvalue weighted by molar-refractivity contribution is 0.428. The quantitative estimate of drug-likeness (QED) is 0.891. The predicted molar refractivity (Wildman–Crippen MR) is 81.9 cm³/mol. The lowest BCUT2D eigenvalue weighted by Crippen LogP contribution is -2.45. The number of rotatable bonds is 3. The largest absolute Gasteiger partial charge is 0.315 e. The van der Waals surface area contributed by atoms with Gasteiger partial charge in [-0.25, -0.2) is 13.1 Å². The van der Waals surface area contributed by atoms with Crippen molar-refractivity contribution in [1.29, 1.82) is 0 Å². The highest BCUT2D eigenvalue weighted by molar-refractivity contribution is 7.89. The van der Waals surface area contributed by atoms with Gasteiger partial charge in [-0.15, -0.1) is 12.4 Å². The van der Waals surface area contributed by atoms with Gasteiger partial charge in [0.2, 0.25) is 10.0 Å². The molecule has 20 heavy (non-hydrogen) atoms. The summed E-state index contributed by atoms with van der Waals surface area (Å²) in [5.41, 5.74) is 2.50. The Bertz CT molecular complexity index is 569. The van der Waals surface area contributed by atoms with E-state index in [4.69, 9.17) is 0 Å². The van der Waals surface area contributed by atoms with Crippen molar-refractivity contribution in [2.24, 2.45) is 0 Å². The molecule has 1 fully saturated rings. The first-order chi connectivity index (χ1) is 9.15. The molecule has 1 aliphatic carbocycles. The van der Waals surface area contributed by atoms with Gasteiger partial charge in [-0.3, -0.25) is 0 Å². The Morgan fingerprint density at radius 1 is 1.15 bits per heavy atom. The molecule has 1 heterocycles. The molecule has 1 saturated heterocycles. The average molecular weight is 317 g/mol. The molecule has 4 nitrogen and oxygen atoms in total. The van der Waals surface area contributed by atoms with Crippen LogP contribution in [0.2, 0.25) is 0 Å². The van der Waals surface area contributed by atoms with Gasteiger partial charge in [0, 0.05) is 12.6 Å². The summed E-state index contributed by atoms with van der Waals surface area (Å²) in [5, 5.41) is 3.22. The van der Waals surface area contributed by atoms with E-state index in [1.165, 1.54) is 11.1 Å². The van der Waals surface area contributed by atoms with E-state index in [1.807, 2.05) is 12.1 Å². The summed E-state index contributed by atoms with van der Waals surface area (Å²) in [4.78, 5) is 0.415. The monoisotopic (exact) mass is 316 g/mol. The smallest absolute Gasteiger partial charge is 0.240 e.